The molecule has 7 heteroatoms. The summed E-state index contributed by atoms with van der Waals surface area (Å²) < 4.78 is 5.53. The van der Waals surface area contributed by atoms with E-state index in [2.05, 4.69) is 5.32 Å². The largest absolute Gasteiger partial charge is 0.432 e. The zero-order valence-corrected chi connectivity index (χ0v) is 17.3. The minimum atomic E-state index is -0.197. The van der Waals surface area contributed by atoms with Crippen molar-refractivity contribution in [2.24, 2.45) is 0 Å². The summed E-state index contributed by atoms with van der Waals surface area (Å²) in [7, 11) is 3.63. The molecule has 1 heterocycles. The fourth-order valence-corrected chi connectivity index (χ4v) is 3.36. The second-order valence-electron chi connectivity index (χ2n) is 7.27. The van der Waals surface area contributed by atoms with Crippen LogP contribution in [-0.2, 0) is 12.8 Å². The maximum absolute atomic E-state index is 12.6. The number of nitrogens with one attached hydrogen (secondary N) is 1. The van der Waals surface area contributed by atoms with Gasteiger partial charge in [0.1, 0.15) is 5.75 Å². The van der Waals surface area contributed by atoms with Crippen molar-refractivity contribution in [3.8, 4) is 5.75 Å². The normalized spacial score (nSPS) is 12.9. The summed E-state index contributed by atoms with van der Waals surface area (Å²) in [5.41, 5.74) is 5.09. The quantitative estimate of drug-likeness (QED) is 0.664. The number of carbonyl (C=O) groups excluding carboxylic acids is 1. The van der Waals surface area contributed by atoms with Gasteiger partial charge in [0.15, 0.2) is 0 Å². The molecule has 0 atom stereocenters. The molecule has 0 spiro atoms. The predicted molar refractivity (Wildman–Crippen MR) is 117 cm³/mol. The van der Waals surface area contributed by atoms with Gasteiger partial charge in [-0.15, -0.1) is 0 Å². The van der Waals surface area contributed by atoms with Gasteiger partial charge >= 0.3 is 0 Å². The molecule has 0 saturated heterocycles. The third kappa shape index (κ3) is 4.35. The van der Waals surface area contributed by atoms with Crippen LogP contribution in [0.4, 0.5) is 5.69 Å². The molecule has 0 bridgehead atoms. The van der Waals surface area contributed by atoms with E-state index in [1.807, 2.05) is 32.3 Å². The third-order valence-electron chi connectivity index (χ3n) is 4.84. The van der Waals surface area contributed by atoms with Crippen molar-refractivity contribution in [1.82, 2.24) is 14.9 Å². The Morgan fingerprint density at radius 1 is 1.00 bits per heavy atom. The van der Waals surface area contributed by atoms with Gasteiger partial charge in [0.2, 0.25) is 0 Å². The summed E-state index contributed by atoms with van der Waals surface area (Å²) in [6.45, 7) is 0. The number of aromatic nitrogens is 2. The minimum absolute atomic E-state index is 0.197. The van der Waals surface area contributed by atoms with Crippen LogP contribution in [0.15, 0.2) is 42.5 Å². The van der Waals surface area contributed by atoms with Gasteiger partial charge < -0.3 is 15.0 Å². The molecule has 4 rings (SSSR count). The van der Waals surface area contributed by atoms with Crippen LogP contribution in [0.2, 0.25) is 0 Å². The van der Waals surface area contributed by atoms with E-state index in [-0.39, 0.29) is 5.91 Å². The summed E-state index contributed by atoms with van der Waals surface area (Å²) in [6, 6.07) is 12.5. The number of rotatable bonds is 3. The van der Waals surface area contributed by atoms with Crippen molar-refractivity contribution in [3.05, 3.63) is 59.4 Å². The number of carbonyl (C=O) groups is 1. The highest BCUT2D eigenvalue weighted by atomic mass is 32.1. The number of amides is 1. The van der Waals surface area contributed by atoms with Crippen LogP contribution in [0.25, 0.3) is 11.0 Å². The molecule has 148 valence electrons. The lowest BCUT2D eigenvalue weighted by Crippen LogP contribution is -2.25. The Labute approximate surface area is 174 Å². The van der Waals surface area contributed by atoms with E-state index in [1.165, 1.54) is 6.42 Å². The number of hydrogen-bond donors (Lipinski definition) is 1. The summed E-state index contributed by atoms with van der Waals surface area (Å²) in [5.74, 6) is 0.392. The summed E-state index contributed by atoms with van der Waals surface area (Å²) >= 11 is 5.12. The number of benzene rings is 2. The highest BCUT2D eigenvalue weighted by Crippen LogP contribution is 2.23. The maximum atomic E-state index is 12.6. The van der Waals surface area contributed by atoms with Gasteiger partial charge in [0.05, 0.1) is 22.4 Å². The van der Waals surface area contributed by atoms with Crippen LogP contribution in [0.1, 0.15) is 34.6 Å². The standard InChI is InChI=1S/C22H22N4O2S/c1-26(2)22(29)28-16-10-7-14(8-11-16)21(27)23-15-9-12-19-20(13-15)25-18-6-4-3-5-17(18)24-19/h7-13H,3-6H2,1-2H3,(H,23,27). The molecule has 0 radical (unpaired) electrons. The lowest BCUT2D eigenvalue weighted by molar-refractivity contribution is 0.102. The monoisotopic (exact) mass is 406 g/mol. The van der Waals surface area contributed by atoms with E-state index < -0.39 is 0 Å². The fraction of sp³-hybridized carbons (Fsp3) is 0.273. The lowest BCUT2D eigenvalue weighted by Gasteiger charge is -2.15. The van der Waals surface area contributed by atoms with Crippen LogP contribution in [-0.4, -0.2) is 40.0 Å². The van der Waals surface area contributed by atoms with E-state index >= 15 is 0 Å². The van der Waals surface area contributed by atoms with Crippen LogP contribution in [0, 0.1) is 0 Å². The Kier molecular flexibility index (Phi) is 5.40. The molecule has 1 aromatic heterocycles. The number of fused-ring (bicyclic) bond motifs is 2. The van der Waals surface area contributed by atoms with Gasteiger partial charge in [-0.2, -0.15) is 0 Å². The van der Waals surface area contributed by atoms with Crippen LogP contribution >= 0.6 is 12.2 Å². The van der Waals surface area contributed by atoms with Crippen molar-refractivity contribution in [3.63, 3.8) is 0 Å². The Hall–Kier alpha value is -3.06. The van der Waals surface area contributed by atoms with E-state index in [9.17, 15) is 4.79 Å². The minimum Gasteiger partial charge on any atom is -0.432 e. The van der Waals surface area contributed by atoms with Crippen LogP contribution < -0.4 is 10.1 Å². The predicted octanol–water partition coefficient (Wildman–Crippen LogP) is 3.99. The van der Waals surface area contributed by atoms with Gasteiger partial charge in [-0.3, -0.25) is 4.79 Å². The molecule has 3 aromatic rings. The van der Waals surface area contributed by atoms with Crippen molar-refractivity contribution in [2.45, 2.75) is 25.7 Å². The summed E-state index contributed by atoms with van der Waals surface area (Å²) in [4.78, 5) is 23.8. The average molecular weight is 407 g/mol. The van der Waals surface area contributed by atoms with Crippen molar-refractivity contribution in [2.75, 3.05) is 19.4 Å². The van der Waals surface area contributed by atoms with E-state index in [4.69, 9.17) is 26.9 Å². The maximum Gasteiger partial charge on any atom is 0.264 e. The zero-order valence-electron chi connectivity index (χ0n) is 16.4. The molecule has 0 saturated carbocycles. The second-order valence-corrected chi connectivity index (χ2v) is 7.62. The molecule has 0 aliphatic heterocycles. The second kappa shape index (κ2) is 8.13. The highest BCUT2D eigenvalue weighted by molar-refractivity contribution is 7.80. The van der Waals surface area contributed by atoms with E-state index in [1.54, 1.807) is 29.2 Å². The fourth-order valence-electron chi connectivity index (χ4n) is 3.26. The van der Waals surface area contributed by atoms with Crippen molar-refractivity contribution >= 4 is 40.0 Å². The van der Waals surface area contributed by atoms with Crippen LogP contribution in [0.3, 0.4) is 0 Å². The molecule has 0 unspecified atom stereocenters. The summed E-state index contributed by atoms with van der Waals surface area (Å²) in [5, 5.41) is 3.29. The molecule has 2 aromatic carbocycles. The number of ether oxygens (including phenoxy) is 1. The molecule has 1 N–H and O–H groups in total. The summed E-state index contributed by atoms with van der Waals surface area (Å²) in [6.07, 6.45) is 4.30. The zero-order chi connectivity index (χ0) is 20.4. The SMILES string of the molecule is CN(C)C(=S)Oc1ccc(C(=O)Nc2ccc3nc4c(nc3c2)CCCC4)cc1. The molecular formula is C22H22N4O2S. The molecular weight excluding hydrogens is 384 g/mol. The third-order valence-corrected chi connectivity index (χ3v) is 5.29. The highest BCUT2D eigenvalue weighted by Gasteiger charge is 2.14. The smallest absolute Gasteiger partial charge is 0.264 e. The molecule has 1 aliphatic rings. The molecule has 29 heavy (non-hydrogen) atoms. The lowest BCUT2D eigenvalue weighted by atomic mass is 10.0. The first kappa shape index (κ1) is 19.3. The molecule has 1 amide bonds. The first-order chi connectivity index (χ1) is 14.0. The van der Waals surface area contributed by atoms with Crippen LogP contribution in [0.5, 0.6) is 5.75 Å². The number of thiocarbonyl (C=S) groups is 1. The molecule has 0 fully saturated rings. The number of anilines is 1. The van der Waals surface area contributed by atoms with Gasteiger partial charge in [0.25, 0.3) is 11.1 Å². The van der Waals surface area contributed by atoms with Gasteiger partial charge in [-0.25, -0.2) is 9.97 Å². The van der Waals surface area contributed by atoms with Gasteiger partial charge in [0, 0.05) is 25.3 Å². The molecule has 1 aliphatic carbocycles. The number of hydrogen-bond acceptors (Lipinski definition) is 5. The van der Waals surface area contributed by atoms with Gasteiger partial charge in [-0.05, 0) is 80.4 Å². The first-order valence-corrected chi connectivity index (χ1v) is 10.0. The number of aryl methyl sites for hydroxylation is 2. The Morgan fingerprint density at radius 3 is 2.31 bits per heavy atom. The number of nitrogens with zero attached hydrogens (tertiary/aromatic N) is 3. The average Bonchev–Trinajstić information content (AvgIpc) is 2.72. The van der Waals surface area contributed by atoms with E-state index in [0.717, 1.165) is 41.7 Å². The first-order valence-electron chi connectivity index (χ1n) is 9.60. The molecule has 6 nitrogen and oxygen atoms in total. The van der Waals surface area contributed by atoms with Crippen molar-refractivity contribution < 1.29 is 9.53 Å². The Bertz CT molecular complexity index is 1080. The Balaban J connectivity index is 1.49. The van der Waals surface area contributed by atoms with Crippen molar-refractivity contribution in [1.29, 1.82) is 0 Å². The topological polar surface area (TPSA) is 67.3 Å². The van der Waals surface area contributed by atoms with Gasteiger partial charge in [-0.1, -0.05) is 0 Å². The van der Waals surface area contributed by atoms with E-state index in [0.29, 0.717) is 22.2 Å². The Morgan fingerprint density at radius 2 is 1.66 bits per heavy atom.